The van der Waals surface area contributed by atoms with Gasteiger partial charge >= 0.3 is 18.3 Å². The number of likely N-dealkylation sites (tertiary alicyclic amines) is 1. The SMILES string of the molecule is CCOC(=O)CN1CC[C@H](OCc2cc(C(F)(F)F)cc(C(F)(F)F)c2)[C@H](c2ccccc2)C1. The number of halogens is 6. The Morgan fingerprint density at radius 2 is 1.62 bits per heavy atom. The van der Waals surface area contributed by atoms with Crippen LogP contribution < -0.4 is 0 Å². The third kappa shape index (κ3) is 6.96. The van der Waals surface area contributed by atoms with Crippen molar-refractivity contribution < 1.29 is 40.6 Å². The standard InChI is InChI=1S/C24H25F6NO3/c1-2-33-22(32)14-31-9-8-21(20(13-31)17-6-4-3-5-7-17)34-15-16-10-18(23(25,26)27)12-19(11-16)24(28,29)30/h3-7,10-12,20-21H,2,8-9,13-15H2,1H3/t20-,21-/m0/s1. The number of rotatable bonds is 7. The van der Waals surface area contributed by atoms with Gasteiger partial charge in [0, 0.05) is 19.0 Å². The van der Waals surface area contributed by atoms with Crippen molar-refractivity contribution in [2.45, 2.75) is 44.3 Å². The molecule has 0 saturated carbocycles. The lowest BCUT2D eigenvalue weighted by Gasteiger charge is -2.38. The first-order valence-electron chi connectivity index (χ1n) is 10.8. The maximum absolute atomic E-state index is 13.2. The van der Waals surface area contributed by atoms with Crippen molar-refractivity contribution >= 4 is 5.97 Å². The van der Waals surface area contributed by atoms with Gasteiger partial charge in [0.15, 0.2) is 0 Å². The summed E-state index contributed by atoms with van der Waals surface area (Å²) in [4.78, 5) is 13.8. The van der Waals surface area contributed by atoms with Gasteiger partial charge in [-0.2, -0.15) is 26.3 Å². The first-order valence-corrected chi connectivity index (χ1v) is 10.8. The number of hydrogen-bond acceptors (Lipinski definition) is 4. The number of carbonyl (C=O) groups is 1. The smallest absolute Gasteiger partial charge is 0.416 e. The second-order valence-corrected chi connectivity index (χ2v) is 8.11. The summed E-state index contributed by atoms with van der Waals surface area (Å²) in [6.45, 7) is 2.57. The number of alkyl halides is 6. The van der Waals surface area contributed by atoms with E-state index in [0.717, 1.165) is 5.56 Å². The topological polar surface area (TPSA) is 38.8 Å². The predicted molar refractivity (Wildman–Crippen MR) is 112 cm³/mol. The van der Waals surface area contributed by atoms with E-state index in [-0.39, 0.29) is 36.7 Å². The van der Waals surface area contributed by atoms with Gasteiger partial charge < -0.3 is 9.47 Å². The molecule has 0 unspecified atom stereocenters. The number of benzene rings is 2. The molecule has 1 aliphatic rings. The van der Waals surface area contributed by atoms with Crippen LogP contribution in [0.3, 0.4) is 0 Å². The summed E-state index contributed by atoms with van der Waals surface area (Å²) in [7, 11) is 0. The molecule has 1 fully saturated rings. The van der Waals surface area contributed by atoms with Crippen molar-refractivity contribution in [3.63, 3.8) is 0 Å². The highest BCUT2D eigenvalue weighted by atomic mass is 19.4. The largest absolute Gasteiger partial charge is 0.465 e. The van der Waals surface area contributed by atoms with Gasteiger partial charge in [0.25, 0.3) is 0 Å². The van der Waals surface area contributed by atoms with Crippen LogP contribution in [0.4, 0.5) is 26.3 Å². The molecular formula is C24H25F6NO3. The van der Waals surface area contributed by atoms with Crippen LogP contribution in [0.25, 0.3) is 0 Å². The number of ether oxygens (including phenoxy) is 2. The molecule has 3 rings (SSSR count). The van der Waals surface area contributed by atoms with Gasteiger partial charge in [0.05, 0.1) is 37.0 Å². The lowest BCUT2D eigenvalue weighted by atomic mass is 9.87. The highest BCUT2D eigenvalue weighted by Gasteiger charge is 2.37. The fraction of sp³-hybridized carbons (Fsp3) is 0.458. The third-order valence-electron chi connectivity index (χ3n) is 5.63. The van der Waals surface area contributed by atoms with E-state index in [4.69, 9.17) is 9.47 Å². The van der Waals surface area contributed by atoms with Crippen LogP contribution >= 0.6 is 0 Å². The summed E-state index contributed by atoms with van der Waals surface area (Å²) >= 11 is 0. The normalized spacial score (nSPS) is 19.7. The number of esters is 1. The maximum Gasteiger partial charge on any atom is 0.416 e. The zero-order chi connectivity index (χ0) is 24.9. The summed E-state index contributed by atoms with van der Waals surface area (Å²) in [6, 6.07) is 10.7. The number of hydrogen-bond donors (Lipinski definition) is 0. The maximum atomic E-state index is 13.2. The minimum Gasteiger partial charge on any atom is -0.465 e. The minimum absolute atomic E-state index is 0.0897. The van der Waals surface area contributed by atoms with Gasteiger partial charge in [-0.15, -0.1) is 0 Å². The Morgan fingerprint density at radius 1 is 1.00 bits per heavy atom. The molecule has 0 bridgehead atoms. The molecule has 0 aromatic heterocycles. The van der Waals surface area contributed by atoms with Crippen molar-refractivity contribution in [2.75, 3.05) is 26.2 Å². The molecule has 0 N–H and O–H groups in total. The Kier molecular flexibility index (Phi) is 8.25. The van der Waals surface area contributed by atoms with Gasteiger partial charge in [-0.1, -0.05) is 30.3 Å². The lowest BCUT2D eigenvalue weighted by Crippen LogP contribution is -2.45. The minimum atomic E-state index is -4.92. The zero-order valence-corrected chi connectivity index (χ0v) is 18.5. The Hall–Kier alpha value is -2.59. The average Bonchev–Trinajstić information content (AvgIpc) is 2.77. The van der Waals surface area contributed by atoms with Crippen molar-refractivity contribution in [2.24, 2.45) is 0 Å². The van der Waals surface area contributed by atoms with Crippen molar-refractivity contribution in [3.8, 4) is 0 Å². The Balaban J connectivity index is 1.79. The van der Waals surface area contributed by atoms with E-state index in [1.54, 1.807) is 6.92 Å². The van der Waals surface area contributed by atoms with Crippen molar-refractivity contribution in [1.82, 2.24) is 4.90 Å². The highest BCUT2D eigenvalue weighted by molar-refractivity contribution is 5.71. The molecule has 4 nitrogen and oxygen atoms in total. The molecule has 186 valence electrons. The third-order valence-corrected chi connectivity index (χ3v) is 5.63. The molecular weight excluding hydrogens is 464 g/mol. The van der Waals surface area contributed by atoms with E-state index < -0.39 is 36.2 Å². The molecule has 0 radical (unpaired) electrons. The molecule has 1 aliphatic heterocycles. The van der Waals surface area contributed by atoms with E-state index in [0.29, 0.717) is 31.6 Å². The molecule has 0 aliphatic carbocycles. The molecule has 2 atom stereocenters. The van der Waals surface area contributed by atoms with E-state index >= 15 is 0 Å². The molecule has 1 heterocycles. The van der Waals surface area contributed by atoms with E-state index in [1.807, 2.05) is 35.2 Å². The van der Waals surface area contributed by atoms with Gasteiger partial charge in [0.1, 0.15) is 0 Å². The lowest BCUT2D eigenvalue weighted by molar-refractivity contribution is -0.146. The van der Waals surface area contributed by atoms with Crippen LogP contribution in [0.2, 0.25) is 0 Å². The molecule has 2 aromatic rings. The summed E-state index contributed by atoms with van der Waals surface area (Å²) < 4.78 is 89.9. The molecule has 0 spiro atoms. The second kappa shape index (κ2) is 10.8. The number of piperidine rings is 1. The first kappa shape index (κ1) is 26.0. The van der Waals surface area contributed by atoms with Crippen LogP contribution in [0, 0.1) is 0 Å². The van der Waals surface area contributed by atoms with Gasteiger partial charge in [-0.3, -0.25) is 9.69 Å². The molecule has 34 heavy (non-hydrogen) atoms. The monoisotopic (exact) mass is 489 g/mol. The zero-order valence-electron chi connectivity index (χ0n) is 18.5. The van der Waals surface area contributed by atoms with Gasteiger partial charge in [-0.05, 0) is 42.7 Å². The fourth-order valence-electron chi connectivity index (χ4n) is 4.06. The molecule has 0 amide bonds. The van der Waals surface area contributed by atoms with E-state index in [1.165, 1.54) is 0 Å². The van der Waals surface area contributed by atoms with Crippen LogP contribution in [-0.2, 0) is 33.2 Å². The number of carbonyl (C=O) groups excluding carboxylic acids is 1. The summed E-state index contributed by atoms with van der Waals surface area (Å²) in [6.07, 6.45) is -9.84. The van der Waals surface area contributed by atoms with Crippen LogP contribution in [0.1, 0.15) is 41.5 Å². The Morgan fingerprint density at radius 3 is 2.18 bits per heavy atom. The Labute approximate surface area is 193 Å². The summed E-state index contributed by atoms with van der Waals surface area (Å²) in [5, 5.41) is 0. The second-order valence-electron chi connectivity index (χ2n) is 8.11. The highest BCUT2D eigenvalue weighted by Crippen LogP contribution is 2.37. The van der Waals surface area contributed by atoms with E-state index in [9.17, 15) is 31.1 Å². The van der Waals surface area contributed by atoms with Crippen LogP contribution in [0.15, 0.2) is 48.5 Å². The van der Waals surface area contributed by atoms with Gasteiger partial charge in [-0.25, -0.2) is 0 Å². The number of nitrogens with zero attached hydrogens (tertiary/aromatic N) is 1. The quantitative estimate of drug-likeness (QED) is 0.372. The van der Waals surface area contributed by atoms with Crippen molar-refractivity contribution in [1.29, 1.82) is 0 Å². The molecule has 10 heteroatoms. The molecule has 1 saturated heterocycles. The Bertz CT molecular complexity index is 929. The summed E-state index contributed by atoms with van der Waals surface area (Å²) in [5.74, 6) is -0.588. The predicted octanol–water partition coefficient (Wildman–Crippen LogP) is 5.66. The fourth-order valence-corrected chi connectivity index (χ4v) is 4.06. The van der Waals surface area contributed by atoms with Gasteiger partial charge in [0.2, 0.25) is 0 Å². The van der Waals surface area contributed by atoms with Crippen LogP contribution in [-0.4, -0.2) is 43.2 Å². The van der Waals surface area contributed by atoms with Crippen molar-refractivity contribution in [3.05, 3.63) is 70.8 Å². The first-order chi connectivity index (χ1) is 16.0. The average molecular weight is 489 g/mol. The van der Waals surface area contributed by atoms with E-state index in [2.05, 4.69) is 0 Å². The molecule has 2 aromatic carbocycles. The van der Waals surface area contributed by atoms with Crippen LogP contribution in [0.5, 0.6) is 0 Å². The summed E-state index contributed by atoms with van der Waals surface area (Å²) in [5.41, 5.74) is -2.04.